The fourth-order valence-corrected chi connectivity index (χ4v) is 2.82. The predicted octanol–water partition coefficient (Wildman–Crippen LogP) is 2.71. The number of nitrogens with zero attached hydrogens (tertiary/aromatic N) is 2. The van der Waals surface area contributed by atoms with Crippen molar-refractivity contribution in [2.24, 2.45) is 4.99 Å². The summed E-state index contributed by atoms with van der Waals surface area (Å²) in [5.41, 5.74) is 4.04. The monoisotopic (exact) mass is 307 g/mol. The zero-order valence-corrected chi connectivity index (χ0v) is 13.2. The first-order chi connectivity index (χ1) is 11.1. The maximum Gasteiger partial charge on any atom is 0.0715 e. The molecule has 0 spiro atoms. The Morgan fingerprint density at radius 3 is 2.43 bits per heavy atom. The Morgan fingerprint density at radius 2 is 1.83 bits per heavy atom. The maximum atomic E-state index is 10.8. The molecule has 118 valence electrons. The van der Waals surface area contributed by atoms with E-state index in [0.29, 0.717) is 0 Å². The Kier molecular flexibility index (Phi) is 4.42. The Balaban J connectivity index is 1.73. The van der Waals surface area contributed by atoms with Gasteiger partial charge in [0.15, 0.2) is 0 Å². The van der Waals surface area contributed by atoms with Crippen molar-refractivity contribution >= 4 is 23.6 Å². The minimum atomic E-state index is -1.17. The van der Waals surface area contributed by atoms with Crippen LogP contribution >= 0.6 is 0 Å². The fraction of sp³-hybridized carbons (Fsp3) is 0.263. The summed E-state index contributed by atoms with van der Waals surface area (Å²) in [7, 11) is 0. The first kappa shape index (κ1) is 15.3. The zero-order chi connectivity index (χ0) is 16.2. The average molecular weight is 307 g/mol. The number of benzene rings is 2. The number of carbonyl (C=O) groups is 1. The molecule has 1 aliphatic rings. The van der Waals surface area contributed by atoms with Gasteiger partial charge in [-0.3, -0.25) is 4.99 Å². The standard InChI is InChI=1S/C19H20N2O2/c1-14-12-16(19(22)23)6-9-18(14)20-13-15-4-7-17(8-5-15)21-10-2-3-11-21/h4-9,12-13H,2-3,10-11H2,1H3,(H,22,23)/p-1. The average Bonchev–Trinajstić information content (AvgIpc) is 3.08. The molecule has 1 saturated heterocycles. The molecule has 0 amide bonds. The molecular weight excluding hydrogens is 288 g/mol. The van der Waals surface area contributed by atoms with Crippen LogP contribution in [0.15, 0.2) is 47.5 Å². The predicted molar refractivity (Wildman–Crippen MR) is 90.7 cm³/mol. The van der Waals surface area contributed by atoms with Crippen molar-refractivity contribution in [3.63, 3.8) is 0 Å². The summed E-state index contributed by atoms with van der Waals surface area (Å²) in [6.07, 6.45) is 4.34. The van der Waals surface area contributed by atoms with E-state index in [1.807, 2.05) is 6.92 Å². The van der Waals surface area contributed by atoms with Crippen LogP contribution in [0.4, 0.5) is 11.4 Å². The summed E-state index contributed by atoms with van der Waals surface area (Å²) < 4.78 is 0. The van der Waals surface area contributed by atoms with Crippen LogP contribution < -0.4 is 10.0 Å². The number of hydrogen-bond acceptors (Lipinski definition) is 4. The minimum absolute atomic E-state index is 0.177. The van der Waals surface area contributed by atoms with Gasteiger partial charge in [0.05, 0.1) is 11.7 Å². The molecule has 2 aromatic rings. The van der Waals surface area contributed by atoms with Gasteiger partial charge in [0.2, 0.25) is 0 Å². The van der Waals surface area contributed by atoms with Gasteiger partial charge in [0, 0.05) is 25.0 Å². The van der Waals surface area contributed by atoms with Crippen molar-refractivity contribution in [2.75, 3.05) is 18.0 Å². The summed E-state index contributed by atoms with van der Waals surface area (Å²) >= 11 is 0. The molecule has 0 unspecified atom stereocenters. The van der Waals surface area contributed by atoms with Crippen LogP contribution in [0.5, 0.6) is 0 Å². The molecule has 1 aliphatic heterocycles. The summed E-state index contributed by atoms with van der Waals surface area (Å²) in [4.78, 5) is 17.7. The van der Waals surface area contributed by atoms with Crippen molar-refractivity contribution < 1.29 is 9.90 Å². The first-order valence-electron chi connectivity index (χ1n) is 7.84. The minimum Gasteiger partial charge on any atom is -0.545 e. The molecule has 0 N–H and O–H groups in total. The smallest absolute Gasteiger partial charge is 0.0715 e. The third-order valence-electron chi connectivity index (χ3n) is 4.15. The highest BCUT2D eigenvalue weighted by Gasteiger charge is 2.11. The highest BCUT2D eigenvalue weighted by atomic mass is 16.4. The normalized spacial score (nSPS) is 14.6. The van der Waals surface area contributed by atoms with Gasteiger partial charge in [-0.15, -0.1) is 0 Å². The van der Waals surface area contributed by atoms with Gasteiger partial charge in [0.1, 0.15) is 0 Å². The molecule has 4 heteroatoms. The van der Waals surface area contributed by atoms with Gasteiger partial charge < -0.3 is 14.8 Å². The molecule has 1 fully saturated rings. The van der Waals surface area contributed by atoms with E-state index < -0.39 is 5.97 Å². The van der Waals surface area contributed by atoms with Crippen molar-refractivity contribution in [3.05, 3.63) is 59.2 Å². The molecule has 0 aliphatic carbocycles. The summed E-state index contributed by atoms with van der Waals surface area (Å²) in [5, 5.41) is 10.8. The third-order valence-corrected chi connectivity index (χ3v) is 4.15. The highest BCUT2D eigenvalue weighted by Crippen LogP contribution is 2.22. The molecule has 0 aromatic heterocycles. The first-order valence-corrected chi connectivity index (χ1v) is 7.84. The molecule has 0 radical (unpaired) electrons. The van der Waals surface area contributed by atoms with Crippen LogP contribution in [-0.2, 0) is 0 Å². The van der Waals surface area contributed by atoms with Gasteiger partial charge in [-0.05, 0) is 60.7 Å². The number of anilines is 1. The second-order valence-corrected chi connectivity index (χ2v) is 5.83. The second kappa shape index (κ2) is 6.65. The quantitative estimate of drug-likeness (QED) is 0.816. The van der Waals surface area contributed by atoms with E-state index in [1.54, 1.807) is 18.3 Å². The second-order valence-electron chi connectivity index (χ2n) is 5.83. The SMILES string of the molecule is Cc1cc(C(=O)[O-])ccc1N=Cc1ccc(N2CCCC2)cc1. The van der Waals surface area contributed by atoms with Crippen molar-refractivity contribution in [3.8, 4) is 0 Å². The van der Waals surface area contributed by atoms with Crippen molar-refractivity contribution in [1.82, 2.24) is 0 Å². The lowest BCUT2D eigenvalue weighted by molar-refractivity contribution is -0.255. The molecule has 4 nitrogen and oxygen atoms in total. The molecule has 1 heterocycles. The van der Waals surface area contributed by atoms with Crippen LogP contribution in [0.3, 0.4) is 0 Å². The van der Waals surface area contributed by atoms with Gasteiger partial charge in [0.25, 0.3) is 0 Å². The number of aliphatic imine (C=N–C) groups is 1. The van der Waals surface area contributed by atoms with E-state index in [9.17, 15) is 9.90 Å². The van der Waals surface area contributed by atoms with Crippen LogP contribution in [0.1, 0.15) is 34.3 Å². The van der Waals surface area contributed by atoms with Gasteiger partial charge in [-0.1, -0.05) is 18.2 Å². The van der Waals surface area contributed by atoms with E-state index in [2.05, 4.69) is 34.2 Å². The van der Waals surface area contributed by atoms with Gasteiger partial charge in [-0.25, -0.2) is 0 Å². The number of rotatable bonds is 4. The maximum absolute atomic E-state index is 10.8. The molecule has 23 heavy (non-hydrogen) atoms. The van der Waals surface area contributed by atoms with E-state index in [-0.39, 0.29) is 5.56 Å². The van der Waals surface area contributed by atoms with Crippen molar-refractivity contribution in [1.29, 1.82) is 0 Å². The summed E-state index contributed by atoms with van der Waals surface area (Å²) in [5.74, 6) is -1.17. The summed E-state index contributed by atoms with van der Waals surface area (Å²) in [6.45, 7) is 4.12. The number of carbonyl (C=O) groups excluding carboxylic acids is 1. The van der Waals surface area contributed by atoms with E-state index >= 15 is 0 Å². The van der Waals surface area contributed by atoms with Crippen LogP contribution in [-0.4, -0.2) is 25.3 Å². The van der Waals surface area contributed by atoms with Crippen LogP contribution in [0.25, 0.3) is 0 Å². The summed E-state index contributed by atoms with van der Waals surface area (Å²) in [6, 6.07) is 13.2. The number of aromatic carboxylic acids is 1. The van der Waals surface area contributed by atoms with Gasteiger partial charge in [-0.2, -0.15) is 0 Å². The lowest BCUT2D eigenvalue weighted by Gasteiger charge is -2.17. The van der Waals surface area contributed by atoms with Crippen LogP contribution in [0, 0.1) is 6.92 Å². The molecular formula is C19H19N2O2-. The van der Waals surface area contributed by atoms with E-state index in [1.165, 1.54) is 24.6 Å². The number of aryl methyl sites for hydroxylation is 1. The Bertz CT molecular complexity index is 730. The molecule has 3 rings (SSSR count). The lowest BCUT2D eigenvalue weighted by atomic mass is 10.1. The highest BCUT2D eigenvalue weighted by molar-refractivity contribution is 5.87. The topological polar surface area (TPSA) is 55.7 Å². The zero-order valence-electron chi connectivity index (χ0n) is 13.2. The Hall–Kier alpha value is -2.62. The van der Waals surface area contributed by atoms with E-state index in [0.717, 1.165) is 29.9 Å². The fourth-order valence-electron chi connectivity index (χ4n) is 2.82. The van der Waals surface area contributed by atoms with E-state index in [4.69, 9.17) is 0 Å². The van der Waals surface area contributed by atoms with Crippen molar-refractivity contribution in [2.45, 2.75) is 19.8 Å². The molecule has 0 bridgehead atoms. The number of hydrogen-bond donors (Lipinski definition) is 0. The van der Waals surface area contributed by atoms with Gasteiger partial charge >= 0.3 is 0 Å². The van der Waals surface area contributed by atoms with Crippen LogP contribution in [0.2, 0.25) is 0 Å². The molecule has 0 saturated carbocycles. The molecule has 2 aromatic carbocycles. The number of carboxylic acids is 1. The largest absolute Gasteiger partial charge is 0.545 e. The molecule has 0 atom stereocenters. The Morgan fingerprint density at radius 1 is 1.13 bits per heavy atom. The number of carboxylic acid groups (broad SMARTS) is 1. The third kappa shape index (κ3) is 3.59. The lowest BCUT2D eigenvalue weighted by Crippen LogP contribution is -2.22. The Labute approximate surface area is 136 Å².